The molecule has 0 aliphatic rings. The minimum Gasteiger partial charge on any atom is -0.490 e. The molecule has 0 atom stereocenters. The standard InChI is InChI=1S/C12H12Br2ClNO4/c1-6(17)16-10-8(14)5-7(12(18)19-2)11(9(10)15)20-4-3-13/h5H,3-4H2,1-2H3,(H,16,17). The SMILES string of the molecule is COC(=O)c1cc(Br)c(NC(C)=O)c(Cl)c1OCCBr. The first-order chi connectivity index (χ1) is 9.42. The van der Waals surface area contributed by atoms with E-state index in [1.807, 2.05) is 0 Å². The largest absolute Gasteiger partial charge is 0.490 e. The maximum atomic E-state index is 11.8. The Morgan fingerprint density at radius 2 is 2.10 bits per heavy atom. The number of anilines is 1. The quantitative estimate of drug-likeness (QED) is 0.574. The van der Waals surface area contributed by atoms with Crippen molar-refractivity contribution in [1.82, 2.24) is 0 Å². The van der Waals surface area contributed by atoms with Crippen LogP contribution in [0.25, 0.3) is 0 Å². The second-order valence-corrected chi connectivity index (χ2v) is 5.66. The summed E-state index contributed by atoms with van der Waals surface area (Å²) in [5.41, 5.74) is 0.524. The number of ether oxygens (including phenoxy) is 2. The second-order valence-electron chi connectivity index (χ2n) is 3.63. The van der Waals surface area contributed by atoms with Crippen molar-refractivity contribution in [3.8, 4) is 5.75 Å². The van der Waals surface area contributed by atoms with Crippen molar-refractivity contribution < 1.29 is 19.1 Å². The molecule has 0 saturated carbocycles. The molecule has 1 rings (SSSR count). The lowest BCUT2D eigenvalue weighted by atomic mass is 10.1. The summed E-state index contributed by atoms with van der Waals surface area (Å²) < 4.78 is 10.6. The van der Waals surface area contributed by atoms with Crippen molar-refractivity contribution >= 4 is 61.0 Å². The number of halogens is 3. The summed E-state index contributed by atoms with van der Waals surface area (Å²) >= 11 is 12.7. The number of methoxy groups -OCH3 is 1. The van der Waals surface area contributed by atoms with Crippen molar-refractivity contribution in [2.24, 2.45) is 0 Å². The monoisotopic (exact) mass is 427 g/mol. The maximum absolute atomic E-state index is 11.8. The molecule has 0 bridgehead atoms. The maximum Gasteiger partial charge on any atom is 0.341 e. The molecule has 0 spiro atoms. The van der Waals surface area contributed by atoms with Crippen LogP contribution >= 0.6 is 43.5 Å². The van der Waals surface area contributed by atoms with Gasteiger partial charge in [0, 0.05) is 16.7 Å². The molecule has 0 aliphatic carbocycles. The fourth-order valence-electron chi connectivity index (χ4n) is 1.43. The minimum absolute atomic E-state index is 0.135. The Bertz CT molecular complexity index is 537. The summed E-state index contributed by atoms with van der Waals surface area (Å²) in [7, 11) is 1.26. The van der Waals surface area contributed by atoms with E-state index in [0.717, 1.165) is 0 Å². The summed E-state index contributed by atoms with van der Waals surface area (Å²) in [4.78, 5) is 22.9. The first-order valence-corrected chi connectivity index (χ1v) is 7.78. The molecule has 0 aliphatic heterocycles. The van der Waals surface area contributed by atoms with E-state index < -0.39 is 5.97 Å². The van der Waals surface area contributed by atoms with Gasteiger partial charge in [0.05, 0.1) is 19.4 Å². The van der Waals surface area contributed by atoms with Gasteiger partial charge in [-0.2, -0.15) is 0 Å². The highest BCUT2D eigenvalue weighted by atomic mass is 79.9. The molecular formula is C12H12Br2ClNO4. The molecule has 1 aromatic carbocycles. The molecule has 20 heavy (non-hydrogen) atoms. The van der Waals surface area contributed by atoms with Crippen LogP contribution in [0, 0.1) is 0 Å². The van der Waals surface area contributed by atoms with Gasteiger partial charge in [0.1, 0.15) is 10.6 Å². The van der Waals surface area contributed by atoms with Crippen LogP contribution in [0.1, 0.15) is 17.3 Å². The predicted molar refractivity (Wildman–Crippen MR) is 84.1 cm³/mol. The molecule has 0 heterocycles. The molecular weight excluding hydrogens is 417 g/mol. The average molecular weight is 429 g/mol. The van der Waals surface area contributed by atoms with Gasteiger partial charge < -0.3 is 14.8 Å². The van der Waals surface area contributed by atoms with Gasteiger partial charge in [0.2, 0.25) is 5.91 Å². The van der Waals surface area contributed by atoms with Crippen LogP contribution in [-0.2, 0) is 9.53 Å². The molecule has 110 valence electrons. The Labute approximate surface area is 138 Å². The van der Waals surface area contributed by atoms with Crippen LogP contribution in [0.3, 0.4) is 0 Å². The summed E-state index contributed by atoms with van der Waals surface area (Å²) in [5, 5.41) is 3.28. The molecule has 0 fully saturated rings. The molecule has 0 saturated heterocycles. The number of carbonyl (C=O) groups is 2. The third-order valence-electron chi connectivity index (χ3n) is 2.20. The molecule has 0 radical (unpaired) electrons. The number of hydrogen-bond acceptors (Lipinski definition) is 4. The van der Waals surface area contributed by atoms with E-state index in [0.29, 0.717) is 22.1 Å². The van der Waals surface area contributed by atoms with E-state index in [4.69, 9.17) is 21.1 Å². The number of esters is 1. The zero-order valence-corrected chi connectivity index (χ0v) is 14.7. The summed E-state index contributed by atoms with van der Waals surface area (Å²) in [6, 6.07) is 1.49. The average Bonchev–Trinajstić information content (AvgIpc) is 2.40. The lowest BCUT2D eigenvalue weighted by molar-refractivity contribution is -0.114. The van der Waals surface area contributed by atoms with Gasteiger partial charge in [-0.25, -0.2) is 4.79 Å². The summed E-state index contributed by atoms with van der Waals surface area (Å²) in [6.07, 6.45) is 0. The second kappa shape index (κ2) is 7.85. The van der Waals surface area contributed by atoms with Crippen molar-refractivity contribution in [3.63, 3.8) is 0 Å². The topological polar surface area (TPSA) is 64.6 Å². The molecule has 1 aromatic rings. The fourth-order valence-corrected chi connectivity index (χ4v) is 2.54. The Morgan fingerprint density at radius 3 is 2.60 bits per heavy atom. The van der Waals surface area contributed by atoms with Gasteiger partial charge in [-0.05, 0) is 22.0 Å². The number of alkyl halides is 1. The first kappa shape index (κ1) is 17.3. The minimum atomic E-state index is -0.577. The predicted octanol–water partition coefficient (Wildman–Crippen LogP) is 3.62. The van der Waals surface area contributed by atoms with Crippen LogP contribution in [0.15, 0.2) is 10.5 Å². The number of carbonyl (C=O) groups excluding carboxylic acids is 2. The smallest absolute Gasteiger partial charge is 0.341 e. The Morgan fingerprint density at radius 1 is 1.45 bits per heavy atom. The van der Waals surface area contributed by atoms with E-state index in [9.17, 15) is 9.59 Å². The van der Waals surface area contributed by atoms with Crippen molar-refractivity contribution in [1.29, 1.82) is 0 Å². The van der Waals surface area contributed by atoms with Gasteiger partial charge in [-0.3, -0.25) is 4.79 Å². The summed E-state index contributed by atoms with van der Waals surface area (Å²) in [6.45, 7) is 1.67. The number of amides is 1. The van der Waals surface area contributed by atoms with E-state index in [-0.39, 0.29) is 22.2 Å². The molecule has 8 heteroatoms. The van der Waals surface area contributed by atoms with E-state index in [1.54, 1.807) is 0 Å². The lowest BCUT2D eigenvalue weighted by Crippen LogP contribution is -2.12. The fraction of sp³-hybridized carbons (Fsp3) is 0.333. The van der Waals surface area contributed by atoms with Crippen molar-refractivity contribution in [3.05, 3.63) is 21.1 Å². The summed E-state index contributed by atoms with van der Waals surface area (Å²) in [5.74, 6) is -0.693. The van der Waals surface area contributed by atoms with Gasteiger partial charge in [0.25, 0.3) is 0 Å². The zero-order valence-electron chi connectivity index (χ0n) is 10.8. The van der Waals surface area contributed by atoms with E-state index >= 15 is 0 Å². The third-order valence-corrected chi connectivity index (χ3v) is 3.51. The normalized spacial score (nSPS) is 10.1. The third kappa shape index (κ3) is 4.10. The molecule has 0 unspecified atom stereocenters. The lowest BCUT2D eigenvalue weighted by Gasteiger charge is -2.16. The number of hydrogen-bond donors (Lipinski definition) is 1. The Balaban J connectivity index is 3.39. The van der Waals surface area contributed by atoms with Crippen LogP contribution in [-0.4, -0.2) is 30.9 Å². The van der Waals surface area contributed by atoms with Gasteiger partial charge >= 0.3 is 5.97 Å². The van der Waals surface area contributed by atoms with Gasteiger partial charge in [0.15, 0.2) is 5.75 Å². The number of rotatable bonds is 5. The van der Waals surface area contributed by atoms with Crippen LogP contribution in [0.5, 0.6) is 5.75 Å². The number of benzene rings is 1. The highest BCUT2D eigenvalue weighted by molar-refractivity contribution is 9.10. The Kier molecular flexibility index (Phi) is 6.78. The van der Waals surface area contributed by atoms with E-state index in [1.165, 1.54) is 20.1 Å². The molecule has 1 N–H and O–H groups in total. The van der Waals surface area contributed by atoms with E-state index in [2.05, 4.69) is 37.2 Å². The van der Waals surface area contributed by atoms with Gasteiger partial charge in [-0.15, -0.1) is 0 Å². The van der Waals surface area contributed by atoms with Crippen molar-refractivity contribution in [2.45, 2.75) is 6.92 Å². The zero-order chi connectivity index (χ0) is 15.3. The molecule has 1 amide bonds. The van der Waals surface area contributed by atoms with Crippen molar-refractivity contribution in [2.75, 3.05) is 24.4 Å². The molecule has 5 nitrogen and oxygen atoms in total. The molecule has 0 aromatic heterocycles. The van der Waals surface area contributed by atoms with Gasteiger partial charge in [-0.1, -0.05) is 27.5 Å². The highest BCUT2D eigenvalue weighted by Gasteiger charge is 2.22. The number of nitrogens with one attached hydrogen (secondary N) is 1. The Hall–Kier alpha value is -0.790. The first-order valence-electron chi connectivity index (χ1n) is 5.49. The van der Waals surface area contributed by atoms with Crippen LogP contribution < -0.4 is 10.1 Å². The van der Waals surface area contributed by atoms with Crippen LogP contribution in [0.4, 0.5) is 5.69 Å². The van der Waals surface area contributed by atoms with Crippen LogP contribution in [0.2, 0.25) is 5.02 Å². The highest BCUT2D eigenvalue weighted by Crippen LogP contribution is 2.41.